The summed E-state index contributed by atoms with van der Waals surface area (Å²) in [6, 6.07) is 5.80. The van der Waals surface area contributed by atoms with E-state index in [0.29, 0.717) is 5.56 Å². The molecule has 41 heavy (non-hydrogen) atoms. The second-order valence-electron chi connectivity index (χ2n) is 9.12. The first-order valence-corrected chi connectivity index (χ1v) is 15.0. The molecule has 1 aliphatic rings. The molecule has 0 amide bonds. The van der Waals surface area contributed by atoms with Gasteiger partial charge in [0.25, 0.3) is 0 Å². The third-order valence-corrected chi connectivity index (χ3v) is 8.43. The van der Waals surface area contributed by atoms with Crippen LogP contribution in [0.25, 0.3) is 0 Å². The number of benzene rings is 3. The Labute approximate surface area is 228 Å². The van der Waals surface area contributed by atoms with Crippen molar-refractivity contribution in [1.82, 2.24) is 0 Å². The minimum atomic E-state index is -5.18. The molecule has 0 fully saturated rings. The van der Waals surface area contributed by atoms with Gasteiger partial charge in [0.05, 0.1) is 17.9 Å². The summed E-state index contributed by atoms with van der Waals surface area (Å²) in [5.74, 6) is -15.7. The standard InChI is InChI=1S/C25H18F8O6S2/c1-40(34,35)9-7-12-10-13(25(31,32)33)2-4-15(12)16-6-8-38-18-11-14(3-5-17(16)18)41(36,37)39-24-22(29)20(27)19(26)21(28)23(24)30/h2-5,10-11,16H,6-9H2,1H3. The molecule has 0 N–H and O–H groups in total. The smallest absolute Gasteiger partial charge is 0.416 e. The van der Waals surface area contributed by atoms with Crippen molar-refractivity contribution in [2.75, 3.05) is 18.6 Å². The lowest BCUT2D eigenvalue weighted by Crippen LogP contribution is -2.19. The zero-order valence-corrected chi connectivity index (χ0v) is 22.3. The average Bonchev–Trinajstić information content (AvgIpc) is 2.90. The van der Waals surface area contributed by atoms with Crippen LogP contribution in [0.15, 0.2) is 41.3 Å². The van der Waals surface area contributed by atoms with Crippen LogP contribution < -0.4 is 8.92 Å². The van der Waals surface area contributed by atoms with Crippen molar-refractivity contribution in [3.63, 3.8) is 0 Å². The summed E-state index contributed by atoms with van der Waals surface area (Å²) in [5, 5.41) is 0. The summed E-state index contributed by atoms with van der Waals surface area (Å²) in [7, 11) is -8.73. The first-order valence-electron chi connectivity index (χ1n) is 11.5. The Morgan fingerprint density at radius 2 is 1.44 bits per heavy atom. The van der Waals surface area contributed by atoms with E-state index in [4.69, 9.17) is 4.74 Å². The van der Waals surface area contributed by atoms with Crippen LogP contribution in [0.5, 0.6) is 11.5 Å². The first-order chi connectivity index (χ1) is 18.9. The van der Waals surface area contributed by atoms with Gasteiger partial charge in [-0.3, -0.25) is 0 Å². The molecule has 222 valence electrons. The molecular formula is C25H18F8O6S2. The fraction of sp³-hybridized carbons (Fsp3) is 0.280. The summed E-state index contributed by atoms with van der Waals surface area (Å²) < 4.78 is 167. The average molecular weight is 631 g/mol. The molecule has 4 rings (SSSR count). The lowest BCUT2D eigenvalue weighted by atomic mass is 9.83. The van der Waals surface area contributed by atoms with Crippen molar-refractivity contribution in [3.05, 3.63) is 87.7 Å². The van der Waals surface area contributed by atoms with Gasteiger partial charge in [-0.25, -0.2) is 21.6 Å². The zero-order chi connectivity index (χ0) is 30.5. The molecule has 1 atom stereocenters. The fourth-order valence-electron chi connectivity index (χ4n) is 4.30. The van der Waals surface area contributed by atoms with Crippen molar-refractivity contribution in [2.24, 2.45) is 0 Å². The molecule has 3 aromatic rings. The molecule has 3 aromatic carbocycles. The molecule has 1 aliphatic heterocycles. The second kappa shape index (κ2) is 10.8. The minimum Gasteiger partial charge on any atom is -0.493 e. The van der Waals surface area contributed by atoms with Crippen LogP contribution in [-0.4, -0.2) is 35.5 Å². The van der Waals surface area contributed by atoms with E-state index >= 15 is 0 Å². The molecule has 0 radical (unpaired) electrons. The van der Waals surface area contributed by atoms with Crippen molar-refractivity contribution < 1.29 is 60.9 Å². The number of rotatable bonds is 7. The van der Waals surface area contributed by atoms with Gasteiger partial charge in [0.1, 0.15) is 20.5 Å². The molecule has 0 bridgehead atoms. The number of hydrogen-bond donors (Lipinski definition) is 0. The second-order valence-corrected chi connectivity index (χ2v) is 12.9. The van der Waals surface area contributed by atoms with Crippen molar-refractivity contribution >= 4 is 20.0 Å². The van der Waals surface area contributed by atoms with Crippen molar-refractivity contribution in [2.45, 2.75) is 29.8 Å². The fourth-order valence-corrected chi connectivity index (χ4v) is 5.84. The molecule has 0 aromatic heterocycles. The predicted octanol–water partition coefficient (Wildman–Crippen LogP) is 5.67. The largest absolute Gasteiger partial charge is 0.493 e. The lowest BCUT2D eigenvalue weighted by molar-refractivity contribution is -0.137. The number of aryl methyl sites for hydroxylation is 1. The maximum absolute atomic E-state index is 14.0. The Bertz CT molecular complexity index is 1710. The van der Waals surface area contributed by atoms with E-state index in [1.54, 1.807) is 0 Å². The van der Waals surface area contributed by atoms with E-state index in [1.807, 2.05) is 0 Å². The molecule has 0 aliphatic carbocycles. The number of fused-ring (bicyclic) bond motifs is 1. The van der Waals surface area contributed by atoms with Crippen LogP contribution in [-0.2, 0) is 32.6 Å². The molecule has 6 nitrogen and oxygen atoms in total. The van der Waals surface area contributed by atoms with Crippen LogP contribution in [0.1, 0.15) is 34.6 Å². The topological polar surface area (TPSA) is 86.7 Å². The highest BCUT2D eigenvalue weighted by Crippen LogP contribution is 2.42. The molecule has 16 heteroatoms. The van der Waals surface area contributed by atoms with Gasteiger partial charge in [-0.05, 0) is 42.2 Å². The highest BCUT2D eigenvalue weighted by atomic mass is 32.2. The number of alkyl halides is 3. The predicted molar refractivity (Wildman–Crippen MR) is 127 cm³/mol. The van der Waals surface area contributed by atoms with Gasteiger partial charge in [0, 0.05) is 23.8 Å². The molecular weight excluding hydrogens is 612 g/mol. The highest BCUT2D eigenvalue weighted by Gasteiger charge is 2.34. The normalized spacial score (nSPS) is 15.8. The summed E-state index contributed by atoms with van der Waals surface area (Å²) in [4.78, 5) is -0.787. The van der Waals surface area contributed by atoms with Crippen LogP contribution in [0, 0.1) is 29.1 Å². The van der Waals surface area contributed by atoms with E-state index in [-0.39, 0.29) is 36.3 Å². The summed E-state index contributed by atoms with van der Waals surface area (Å²) in [6.45, 7) is -0.0633. The Kier molecular flexibility index (Phi) is 8.03. The van der Waals surface area contributed by atoms with Gasteiger partial charge in [-0.15, -0.1) is 0 Å². The highest BCUT2D eigenvalue weighted by molar-refractivity contribution is 7.90. The number of sulfone groups is 1. The van der Waals surface area contributed by atoms with Crippen LogP contribution in [0.3, 0.4) is 0 Å². The van der Waals surface area contributed by atoms with E-state index < -0.39 is 83.1 Å². The van der Waals surface area contributed by atoms with Gasteiger partial charge in [-0.2, -0.15) is 30.4 Å². The van der Waals surface area contributed by atoms with Gasteiger partial charge in [0.2, 0.25) is 34.8 Å². The molecule has 0 spiro atoms. The van der Waals surface area contributed by atoms with Crippen LogP contribution >= 0.6 is 0 Å². The Morgan fingerprint density at radius 3 is 2.02 bits per heavy atom. The zero-order valence-electron chi connectivity index (χ0n) is 20.7. The van der Waals surface area contributed by atoms with Gasteiger partial charge in [0.15, 0.2) is 0 Å². The Morgan fingerprint density at radius 1 is 0.854 bits per heavy atom. The SMILES string of the molecule is CS(=O)(=O)CCc1cc(C(F)(F)F)ccc1C1CCOc2cc(S(=O)(=O)Oc3c(F)c(F)c(F)c(F)c3F)ccc21. The Balaban J connectivity index is 1.74. The number of halogens is 8. The Hall–Kier alpha value is -3.40. The maximum atomic E-state index is 14.0. The quantitative estimate of drug-likeness (QED) is 0.145. The van der Waals surface area contributed by atoms with Crippen molar-refractivity contribution in [3.8, 4) is 11.5 Å². The molecule has 1 heterocycles. The lowest BCUT2D eigenvalue weighted by Gasteiger charge is -2.28. The van der Waals surface area contributed by atoms with Crippen molar-refractivity contribution in [1.29, 1.82) is 0 Å². The van der Waals surface area contributed by atoms with Crippen LogP contribution in [0.2, 0.25) is 0 Å². The van der Waals surface area contributed by atoms with E-state index in [0.717, 1.165) is 30.5 Å². The first kappa shape index (κ1) is 30.6. The van der Waals surface area contributed by atoms with E-state index in [9.17, 15) is 52.0 Å². The van der Waals surface area contributed by atoms with Gasteiger partial charge >= 0.3 is 16.3 Å². The molecule has 0 saturated heterocycles. The third-order valence-electron chi connectivity index (χ3n) is 6.26. The summed E-state index contributed by atoms with van der Waals surface area (Å²) in [5.41, 5.74) is -0.288. The van der Waals surface area contributed by atoms with Crippen LogP contribution in [0.4, 0.5) is 35.1 Å². The third kappa shape index (κ3) is 6.27. The van der Waals surface area contributed by atoms with Gasteiger partial charge < -0.3 is 8.92 Å². The van der Waals surface area contributed by atoms with Gasteiger partial charge in [-0.1, -0.05) is 12.1 Å². The monoisotopic (exact) mass is 630 g/mol. The number of hydrogen-bond acceptors (Lipinski definition) is 6. The van der Waals surface area contributed by atoms with E-state index in [2.05, 4.69) is 4.18 Å². The molecule has 0 saturated carbocycles. The van der Waals surface area contributed by atoms with E-state index in [1.165, 1.54) is 12.1 Å². The number of ether oxygens (including phenoxy) is 1. The minimum absolute atomic E-state index is 0.0633. The maximum Gasteiger partial charge on any atom is 0.416 e. The molecule has 1 unspecified atom stereocenters. The summed E-state index contributed by atoms with van der Waals surface area (Å²) >= 11 is 0. The summed E-state index contributed by atoms with van der Waals surface area (Å²) in [6.07, 6.45) is -3.81.